The highest BCUT2D eigenvalue weighted by molar-refractivity contribution is 6.05. The maximum Gasteiger partial charge on any atom is 0.325 e. The quantitative estimate of drug-likeness (QED) is 0.534. The third-order valence-electron chi connectivity index (χ3n) is 5.54. The Balaban J connectivity index is 1.32. The van der Waals surface area contributed by atoms with Crippen LogP contribution in [0.3, 0.4) is 0 Å². The normalized spacial score (nSPS) is 16.1. The van der Waals surface area contributed by atoms with Gasteiger partial charge >= 0.3 is 6.03 Å². The van der Waals surface area contributed by atoms with Crippen molar-refractivity contribution in [3.8, 4) is 0 Å². The summed E-state index contributed by atoms with van der Waals surface area (Å²) >= 11 is 0. The van der Waals surface area contributed by atoms with Crippen LogP contribution in [-0.4, -0.2) is 44.9 Å². The molecule has 1 atom stereocenters. The van der Waals surface area contributed by atoms with E-state index >= 15 is 0 Å². The number of rotatable bonds is 8. The van der Waals surface area contributed by atoms with Crippen LogP contribution in [0.1, 0.15) is 37.7 Å². The van der Waals surface area contributed by atoms with E-state index in [0.717, 1.165) is 27.3 Å². The first kappa shape index (κ1) is 21.5. The molecule has 1 aromatic heterocycles. The highest BCUT2D eigenvalue weighted by Gasteiger charge is 2.38. The van der Waals surface area contributed by atoms with Gasteiger partial charge < -0.3 is 15.2 Å². The SMILES string of the molecule is CC(C)n1c(CCNC(=O)C[C@@H]2NC(=O)N(Cc3ccccc3)C2=O)nc2ccccc21. The second-order valence-electron chi connectivity index (χ2n) is 8.20. The Bertz CT molecular complexity index is 1140. The highest BCUT2D eigenvalue weighted by Crippen LogP contribution is 2.21. The molecule has 2 N–H and O–H groups in total. The zero-order valence-electron chi connectivity index (χ0n) is 18.2. The fourth-order valence-electron chi connectivity index (χ4n) is 4.05. The number of amides is 4. The standard InChI is InChI=1S/C24H27N5O3/c1-16(2)29-20-11-7-6-10-18(20)26-21(29)12-13-25-22(30)14-19-23(31)28(24(32)27-19)15-17-8-4-3-5-9-17/h3-11,16,19H,12-15H2,1-2H3,(H,25,30)(H,27,32)/t19-/m0/s1. The minimum Gasteiger partial charge on any atom is -0.356 e. The molecule has 1 aliphatic heterocycles. The Morgan fingerprint density at radius 1 is 1.09 bits per heavy atom. The van der Waals surface area contributed by atoms with Gasteiger partial charge in [0.25, 0.3) is 5.91 Å². The summed E-state index contributed by atoms with van der Waals surface area (Å²) in [5.41, 5.74) is 2.86. The molecule has 0 aliphatic carbocycles. The molecule has 4 rings (SSSR count). The molecule has 0 radical (unpaired) electrons. The van der Waals surface area contributed by atoms with Crippen LogP contribution in [0, 0.1) is 0 Å². The third kappa shape index (κ3) is 4.49. The van der Waals surface area contributed by atoms with E-state index in [1.807, 2.05) is 54.6 Å². The number of imidazole rings is 1. The average molecular weight is 434 g/mol. The molecule has 3 aromatic rings. The first-order valence-corrected chi connectivity index (χ1v) is 10.8. The number of nitrogens with zero attached hydrogens (tertiary/aromatic N) is 3. The lowest BCUT2D eigenvalue weighted by atomic mass is 10.1. The number of hydrogen-bond acceptors (Lipinski definition) is 4. The lowest BCUT2D eigenvalue weighted by molar-refractivity contribution is -0.131. The highest BCUT2D eigenvalue weighted by atomic mass is 16.2. The first-order chi connectivity index (χ1) is 15.4. The van der Waals surface area contributed by atoms with Gasteiger partial charge in [0.1, 0.15) is 11.9 Å². The van der Waals surface area contributed by atoms with Crippen molar-refractivity contribution in [2.75, 3.05) is 6.54 Å². The van der Waals surface area contributed by atoms with Gasteiger partial charge in [0.05, 0.1) is 24.0 Å². The summed E-state index contributed by atoms with van der Waals surface area (Å²) in [6.45, 7) is 4.80. The van der Waals surface area contributed by atoms with E-state index in [1.54, 1.807) is 0 Å². The van der Waals surface area contributed by atoms with Gasteiger partial charge in [0.15, 0.2) is 0 Å². The number of fused-ring (bicyclic) bond motifs is 1. The fourth-order valence-corrected chi connectivity index (χ4v) is 4.05. The maximum absolute atomic E-state index is 12.6. The van der Waals surface area contributed by atoms with E-state index in [0.29, 0.717) is 13.0 Å². The molecule has 0 bridgehead atoms. The third-order valence-corrected chi connectivity index (χ3v) is 5.54. The van der Waals surface area contributed by atoms with Crippen molar-refractivity contribution in [3.63, 3.8) is 0 Å². The van der Waals surface area contributed by atoms with Crippen molar-refractivity contribution >= 4 is 28.9 Å². The number of urea groups is 1. The second kappa shape index (κ2) is 9.21. The summed E-state index contributed by atoms with van der Waals surface area (Å²) in [5, 5.41) is 5.47. The zero-order valence-corrected chi connectivity index (χ0v) is 18.2. The Labute approximate surface area is 186 Å². The van der Waals surface area contributed by atoms with Crippen molar-refractivity contribution < 1.29 is 14.4 Å². The van der Waals surface area contributed by atoms with Crippen LogP contribution in [-0.2, 0) is 22.6 Å². The molecule has 8 heteroatoms. The Kier molecular flexibility index (Phi) is 6.20. The van der Waals surface area contributed by atoms with Crippen molar-refractivity contribution in [2.24, 2.45) is 0 Å². The Morgan fingerprint density at radius 3 is 2.56 bits per heavy atom. The van der Waals surface area contributed by atoms with Crippen LogP contribution in [0.5, 0.6) is 0 Å². The van der Waals surface area contributed by atoms with Gasteiger partial charge in [-0.1, -0.05) is 42.5 Å². The van der Waals surface area contributed by atoms with Gasteiger partial charge in [-0.15, -0.1) is 0 Å². The minimum atomic E-state index is -0.841. The lowest BCUT2D eigenvalue weighted by Gasteiger charge is -2.14. The predicted octanol–water partition coefficient (Wildman–Crippen LogP) is 2.79. The first-order valence-electron chi connectivity index (χ1n) is 10.8. The zero-order chi connectivity index (χ0) is 22.7. The van der Waals surface area contributed by atoms with Crippen LogP contribution < -0.4 is 10.6 Å². The summed E-state index contributed by atoms with van der Waals surface area (Å²) in [7, 11) is 0. The van der Waals surface area contributed by atoms with Crippen LogP contribution in [0.15, 0.2) is 54.6 Å². The summed E-state index contributed by atoms with van der Waals surface area (Å²) in [6.07, 6.45) is 0.486. The van der Waals surface area contributed by atoms with Crippen molar-refractivity contribution in [1.82, 2.24) is 25.1 Å². The van der Waals surface area contributed by atoms with Crippen molar-refractivity contribution in [2.45, 2.75) is 45.3 Å². The number of benzene rings is 2. The van der Waals surface area contributed by atoms with E-state index in [9.17, 15) is 14.4 Å². The van der Waals surface area contributed by atoms with E-state index in [2.05, 4.69) is 29.0 Å². The molecular formula is C24H27N5O3. The van der Waals surface area contributed by atoms with Crippen molar-refractivity contribution in [3.05, 3.63) is 66.0 Å². The molecular weight excluding hydrogens is 406 g/mol. The molecule has 2 aromatic carbocycles. The number of imide groups is 1. The average Bonchev–Trinajstić information content (AvgIpc) is 3.27. The largest absolute Gasteiger partial charge is 0.356 e. The fraction of sp³-hybridized carbons (Fsp3) is 0.333. The molecule has 2 heterocycles. The smallest absolute Gasteiger partial charge is 0.325 e. The molecule has 166 valence electrons. The minimum absolute atomic E-state index is 0.0868. The topological polar surface area (TPSA) is 96.3 Å². The van der Waals surface area contributed by atoms with Crippen LogP contribution in [0.25, 0.3) is 11.0 Å². The maximum atomic E-state index is 12.6. The van der Waals surface area contributed by atoms with Crippen molar-refractivity contribution in [1.29, 1.82) is 0 Å². The number of carbonyl (C=O) groups is 3. The molecule has 0 spiro atoms. The second-order valence-corrected chi connectivity index (χ2v) is 8.20. The number of para-hydroxylation sites is 2. The predicted molar refractivity (Wildman–Crippen MR) is 121 cm³/mol. The molecule has 1 aliphatic rings. The molecule has 8 nitrogen and oxygen atoms in total. The van der Waals surface area contributed by atoms with E-state index < -0.39 is 12.1 Å². The monoisotopic (exact) mass is 433 g/mol. The summed E-state index contributed by atoms with van der Waals surface area (Å²) in [6, 6.07) is 16.2. The lowest BCUT2D eigenvalue weighted by Crippen LogP contribution is -2.37. The summed E-state index contributed by atoms with van der Waals surface area (Å²) < 4.78 is 2.17. The number of hydrogen-bond donors (Lipinski definition) is 2. The summed E-state index contributed by atoms with van der Waals surface area (Å²) in [4.78, 5) is 43.1. The van der Waals surface area contributed by atoms with E-state index in [-0.39, 0.29) is 30.8 Å². The van der Waals surface area contributed by atoms with Gasteiger partial charge in [-0.3, -0.25) is 14.5 Å². The molecule has 1 fully saturated rings. The van der Waals surface area contributed by atoms with Crippen LogP contribution in [0.2, 0.25) is 0 Å². The summed E-state index contributed by atoms with van der Waals surface area (Å²) in [5.74, 6) is 0.244. The number of aromatic nitrogens is 2. The van der Waals surface area contributed by atoms with E-state index in [1.165, 1.54) is 0 Å². The van der Waals surface area contributed by atoms with E-state index in [4.69, 9.17) is 4.98 Å². The molecule has 32 heavy (non-hydrogen) atoms. The molecule has 0 saturated carbocycles. The van der Waals surface area contributed by atoms with Crippen LogP contribution >= 0.6 is 0 Å². The number of nitrogens with one attached hydrogen (secondary N) is 2. The van der Waals surface area contributed by atoms with Gasteiger partial charge in [-0.2, -0.15) is 0 Å². The Hall–Kier alpha value is -3.68. The number of carbonyl (C=O) groups excluding carboxylic acids is 3. The molecule has 0 unspecified atom stereocenters. The molecule has 1 saturated heterocycles. The van der Waals surface area contributed by atoms with Gasteiger partial charge in [0.2, 0.25) is 5.91 Å². The van der Waals surface area contributed by atoms with Gasteiger partial charge in [-0.25, -0.2) is 9.78 Å². The molecule has 4 amide bonds. The van der Waals surface area contributed by atoms with Crippen LogP contribution in [0.4, 0.5) is 4.79 Å². The van der Waals surface area contributed by atoms with Gasteiger partial charge in [0, 0.05) is 19.0 Å². The van der Waals surface area contributed by atoms with Gasteiger partial charge in [-0.05, 0) is 31.5 Å². The Morgan fingerprint density at radius 2 is 1.81 bits per heavy atom.